The van der Waals surface area contributed by atoms with Crippen LogP contribution in [0.25, 0.3) is 0 Å². The molecule has 212 valence electrons. The molecule has 2 N–H and O–H groups in total. The lowest BCUT2D eigenvalue weighted by atomic mass is 9.67. The number of benzene rings is 2. The Hall–Kier alpha value is -1.28. The van der Waals surface area contributed by atoms with Crippen molar-refractivity contribution in [2.75, 3.05) is 41.3 Å². The fourth-order valence-electron chi connectivity index (χ4n) is 6.41. The van der Waals surface area contributed by atoms with Gasteiger partial charge in [-0.25, -0.2) is 8.78 Å². The van der Waals surface area contributed by atoms with Crippen LogP contribution >= 0.6 is 23.2 Å². The van der Waals surface area contributed by atoms with E-state index in [0.29, 0.717) is 0 Å². The Morgan fingerprint density at radius 2 is 1.08 bits per heavy atom. The molecule has 4 atom stereocenters. The highest BCUT2D eigenvalue weighted by molar-refractivity contribution is 6.31. The van der Waals surface area contributed by atoms with Crippen LogP contribution in [0.2, 0.25) is 10.0 Å². The molecule has 0 radical (unpaired) electrons. The highest BCUT2D eigenvalue weighted by Gasteiger charge is 2.43. The van der Waals surface area contributed by atoms with Crippen LogP contribution in [0.4, 0.5) is 8.78 Å². The van der Waals surface area contributed by atoms with Crippen molar-refractivity contribution in [1.82, 2.24) is 9.80 Å². The summed E-state index contributed by atoms with van der Waals surface area (Å²) in [6, 6.07) is 9.85. The zero-order valence-electron chi connectivity index (χ0n) is 23.0. The minimum absolute atomic E-state index is 0.133. The Labute approximate surface area is 236 Å². The van der Waals surface area contributed by atoms with Gasteiger partial charge in [-0.15, -0.1) is 0 Å². The van der Waals surface area contributed by atoms with Crippen LogP contribution in [0.1, 0.15) is 62.5 Å². The summed E-state index contributed by atoms with van der Waals surface area (Å²) in [5.74, 6) is -0.815. The number of halogens is 4. The van der Waals surface area contributed by atoms with Gasteiger partial charge in [-0.05, 0) is 89.3 Å². The topological polar surface area (TPSA) is 46.9 Å². The molecule has 0 amide bonds. The molecule has 0 aromatic heterocycles. The summed E-state index contributed by atoms with van der Waals surface area (Å²) in [6.07, 6.45) is 6.66. The molecular weight excluding hydrogens is 529 g/mol. The third kappa shape index (κ3) is 7.07. The number of hydrogen-bond acceptors (Lipinski definition) is 4. The molecule has 4 nitrogen and oxygen atoms in total. The average Bonchev–Trinajstić information content (AvgIpc) is 2.85. The highest BCUT2D eigenvalue weighted by atomic mass is 35.5. The minimum atomic E-state index is -0.427. The van der Waals surface area contributed by atoms with E-state index in [-0.39, 0.29) is 20.9 Å². The van der Waals surface area contributed by atoms with Crippen LogP contribution in [0.5, 0.6) is 0 Å². The monoisotopic (exact) mass is 570 g/mol. The second-order valence-corrected chi connectivity index (χ2v) is 12.4. The normalized spacial score (nSPS) is 27.8. The van der Waals surface area contributed by atoms with E-state index in [1.54, 1.807) is 12.1 Å². The van der Waals surface area contributed by atoms with Gasteiger partial charge < -0.3 is 20.0 Å². The first-order chi connectivity index (χ1) is 17.9. The van der Waals surface area contributed by atoms with Crippen LogP contribution in [0.15, 0.2) is 36.4 Å². The van der Waals surface area contributed by atoms with E-state index in [1.807, 2.05) is 40.3 Å². The second kappa shape index (κ2) is 13.4. The number of likely N-dealkylation sites (N-methyl/N-ethyl adjacent to an activating group) is 2. The number of rotatable bonds is 6. The first kappa shape index (κ1) is 31.3. The molecule has 0 spiro atoms. The van der Waals surface area contributed by atoms with Gasteiger partial charge in [0.2, 0.25) is 0 Å². The van der Waals surface area contributed by atoms with Crippen molar-refractivity contribution in [3.8, 4) is 0 Å². The van der Waals surface area contributed by atoms with Gasteiger partial charge in [-0.1, -0.05) is 61.0 Å². The molecule has 38 heavy (non-hydrogen) atoms. The van der Waals surface area contributed by atoms with Crippen molar-refractivity contribution >= 4 is 23.2 Å². The minimum Gasteiger partial charge on any atom is -0.392 e. The van der Waals surface area contributed by atoms with E-state index in [1.165, 1.54) is 12.1 Å². The smallest absolute Gasteiger partial charge is 0.142 e. The Balaban J connectivity index is 0.000000211. The SMILES string of the molecule is CN(C)C[C@@]1(c2ccc(Cl)c(F)c2)CCCC[C@@H]1O.CN(C)C[C@]1(c2ccc(Cl)c(F)c2)CCCC[C@H]1O. The van der Waals surface area contributed by atoms with E-state index in [4.69, 9.17) is 23.2 Å². The summed E-state index contributed by atoms with van der Waals surface area (Å²) in [5.41, 5.74) is 0.950. The summed E-state index contributed by atoms with van der Waals surface area (Å²) < 4.78 is 27.5. The third-order valence-corrected chi connectivity index (χ3v) is 8.78. The average molecular weight is 572 g/mol. The highest BCUT2D eigenvalue weighted by Crippen LogP contribution is 2.42. The number of aliphatic hydroxyl groups is 2. The zero-order valence-corrected chi connectivity index (χ0v) is 24.5. The number of aliphatic hydroxyl groups excluding tert-OH is 2. The van der Waals surface area contributed by atoms with Crippen LogP contribution in [0.3, 0.4) is 0 Å². The summed E-state index contributed by atoms with van der Waals surface area (Å²) in [4.78, 5) is 4.11. The van der Waals surface area contributed by atoms with Gasteiger partial charge in [0, 0.05) is 23.9 Å². The molecule has 0 aliphatic heterocycles. The third-order valence-electron chi connectivity index (χ3n) is 8.16. The standard InChI is InChI=1S/2C15H21ClFNO/c2*1-18(2)10-15(8-4-3-5-14(15)19)11-6-7-12(16)13(17)9-11/h2*6-7,9,14,19H,3-5,8,10H2,1-2H3/t2*14-,15+/m10/s1. The molecule has 8 heteroatoms. The zero-order chi connectivity index (χ0) is 28.1. The Morgan fingerprint density at radius 1 is 0.711 bits per heavy atom. The molecule has 0 unspecified atom stereocenters. The van der Waals surface area contributed by atoms with E-state index in [2.05, 4.69) is 9.80 Å². The van der Waals surface area contributed by atoms with Gasteiger partial charge >= 0.3 is 0 Å². The maximum absolute atomic E-state index is 13.7. The largest absolute Gasteiger partial charge is 0.392 e. The molecule has 2 aliphatic rings. The van der Waals surface area contributed by atoms with Crippen molar-refractivity contribution in [2.45, 2.75) is 74.4 Å². The Kier molecular flexibility index (Phi) is 11.0. The first-order valence-electron chi connectivity index (χ1n) is 13.5. The van der Waals surface area contributed by atoms with Gasteiger partial charge in [0.15, 0.2) is 0 Å². The molecule has 0 bridgehead atoms. The molecule has 2 saturated carbocycles. The Bertz CT molecular complexity index is 987. The summed E-state index contributed by atoms with van der Waals surface area (Å²) in [6.45, 7) is 1.43. The van der Waals surface area contributed by atoms with E-state index in [0.717, 1.165) is 75.6 Å². The van der Waals surface area contributed by atoms with Gasteiger partial charge in [-0.3, -0.25) is 0 Å². The van der Waals surface area contributed by atoms with Gasteiger partial charge in [0.05, 0.1) is 22.3 Å². The molecule has 2 aromatic carbocycles. The predicted molar refractivity (Wildman–Crippen MR) is 152 cm³/mol. The van der Waals surface area contributed by atoms with Crippen LogP contribution in [-0.2, 0) is 10.8 Å². The molecule has 0 heterocycles. The fraction of sp³-hybridized carbons (Fsp3) is 0.600. The quantitative estimate of drug-likeness (QED) is 0.420. The lowest BCUT2D eigenvalue weighted by Crippen LogP contribution is -2.49. The molecule has 2 aliphatic carbocycles. The summed E-state index contributed by atoms with van der Waals surface area (Å²) in [7, 11) is 7.93. The van der Waals surface area contributed by atoms with Crippen molar-refractivity contribution in [3.05, 3.63) is 69.2 Å². The summed E-state index contributed by atoms with van der Waals surface area (Å²) in [5, 5.41) is 21.3. The molecule has 2 aromatic rings. The molecular formula is C30H42Cl2F2N2O2. The maximum atomic E-state index is 13.7. The molecule has 4 rings (SSSR count). The first-order valence-corrected chi connectivity index (χ1v) is 14.2. The Morgan fingerprint density at radius 3 is 1.37 bits per heavy atom. The van der Waals surface area contributed by atoms with Crippen LogP contribution in [-0.4, -0.2) is 73.5 Å². The van der Waals surface area contributed by atoms with E-state index < -0.39 is 23.8 Å². The van der Waals surface area contributed by atoms with E-state index in [9.17, 15) is 19.0 Å². The lowest BCUT2D eigenvalue weighted by Gasteiger charge is -2.43. The van der Waals surface area contributed by atoms with Crippen LogP contribution in [0, 0.1) is 11.6 Å². The summed E-state index contributed by atoms with van der Waals surface area (Å²) >= 11 is 11.5. The second-order valence-electron chi connectivity index (χ2n) is 11.6. The number of nitrogens with zero attached hydrogens (tertiary/aromatic N) is 2. The van der Waals surface area contributed by atoms with Crippen LogP contribution < -0.4 is 0 Å². The van der Waals surface area contributed by atoms with Crippen molar-refractivity contribution < 1.29 is 19.0 Å². The number of hydrogen-bond donors (Lipinski definition) is 2. The molecule has 0 saturated heterocycles. The van der Waals surface area contributed by atoms with Gasteiger partial charge in [-0.2, -0.15) is 0 Å². The van der Waals surface area contributed by atoms with Crippen molar-refractivity contribution in [3.63, 3.8) is 0 Å². The molecule has 2 fully saturated rings. The van der Waals surface area contributed by atoms with E-state index >= 15 is 0 Å². The lowest BCUT2D eigenvalue weighted by molar-refractivity contribution is 0.0262. The predicted octanol–water partition coefficient (Wildman–Crippen LogP) is 6.43. The van der Waals surface area contributed by atoms with Gasteiger partial charge in [0.1, 0.15) is 11.6 Å². The fourth-order valence-corrected chi connectivity index (χ4v) is 6.64. The maximum Gasteiger partial charge on any atom is 0.142 e. The van der Waals surface area contributed by atoms with Gasteiger partial charge in [0.25, 0.3) is 0 Å². The van der Waals surface area contributed by atoms with Crippen molar-refractivity contribution in [1.29, 1.82) is 0 Å². The van der Waals surface area contributed by atoms with Crippen molar-refractivity contribution in [2.24, 2.45) is 0 Å².